The highest BCUT2D eigenvalue weighted by Gasteiger charge is 2.10. The van der Waals surface area contributed by atoms with Gasteiger partial charge in [-0.3, -0.25) is 13.9 Å². The lowest BCUT2D eigenvalue weighted by atomic mass is 10.3. The van der Waals surface area contributed by atoms with Gasteiger partial charge in [0.1, 0.15) is 6.04 Å². The van der Waals surface area contributed by atoms with Gasteiger partial charge in [0, 0.05) is 0 Å². The predicted octanol–water partition coefficient (Wildman–Crippen LogP) is -2.17. The molecule has 0 saturated carbocycles. The molecular weight excluding hydrogens is 206 g/mol. The molecule has 0 fully saturated rings. The minimum atomic E-state index is -4.67. The van der Waals surface area contributed by atoms with E-state index in [1.54, 1.807) is 0 Å². The lowest BCUT2D eigenvalue weighted by molar-refractivity contribution is -0.143. The maximum Gasteiger partial charge on any atom is 0.394 e. The van der Waals surface area contributed by atoms with E-state index >= 15 is 0 Å². The molecule has 1 unspecified atom stereocenters. The number of carbonyl (C=O) groups is 1. The summed E-state index contributed by atoms with van der Waals surface area (Å²) in [6.45, 7) is -0.368. The van der Waals surface area contributed by atoms with Crippen LogP contribution in [0.3, 0.4) is 0 Å². The first kappa shape index (κ1) is 14.8. The molecule has 0 aromatic carbocycles. The third-order valence-electron chi connectivity index (χ3n) is 0.701. The first-order chi connectivity index (χ1) is 5.72. The molecule has 1 atom stereocenters. The first-order valence-corrected chi connectivity index (χ1v) is 4.26. The molecule has 0 aromatic rings. The van der Waals surface area contributed by atoms with Crippen molar-refractivity contribution in [1.29, 1.82) is 0 Å². The smallest absolute Gasteiger partial charge is 0.394 e. The van der Waals surface area contributed by atoms with E-state index in [1.807, 2.05) is 0 Å². The van der Waals surface area contributed by atoms with Crippen molar-refractivity contribution < 1.29 is 32.2 Å². The molecule has 0 bridgehead atoms. The lowest BCUT2D eigenvalue weighted by Gasteiger charge is -2.02. The average Bonchev–Trinajstić information content (AvgIpc) is 1.98. The number of rotatable bonds is 2. The average molecular weight is 217 g/mol. The van der Waals surface area contributed by atoms with Crippen LogP contribution in [-0.2, 0) is 19.9 Å². The highest BCUT2D eigenvalue weighted by Crippen LogP contribution is 1.78. The van der Waals surface area contributed by atoms with Crippen LogP contribution in [0, 0.1) is 0 Å². The molecule has 0 radical (unpaired) electrons. The molecule has 0 heterocycles. The van der Waals surface area contributed by atoms with Crippen molar-refractivity contribution in [3.63, 3.8) is 0 Å². The number of aliphatic hydroxyl groups excluding tert-OH is 1. The zero-order valence-electron chi connectivity index (χ0n) is 6.74. The molecule has 9 heteroatoms. The maximum absolute atomic E-state index is 10.2. The summed E-state index contributed by atoms with van der Waals surface area (Å²) < 4.78 is 35.8. The van der Waals surface area contributed by atoms with E-state index in [-0.39, 0.29) is 6.61 Å². The van der Waals surface area contributed by atoms with Crippen molar-refractivity contribution in [1.82, 2.24) is 0 Å². The number of aliphatic hydroxyl groups is 1. The Balaban J connectivity index is 0. The summed E-state index contributed by atoms with van der Waals surface area (Å²) in [5, 5.41) is 8.21. The van der Waals surface area contributed by atoms with Crippen LogP contribution in [0.2, 0.25) is 0 Å². The second-order valence-corrected chi connectivity index (χ2v) is 2.66. The largest absolute Gasteiger partial charge is 0.468 e. The minimum Gasteiger partial charge on any atom is -0.468 e. The quantitative estimate of drug-likeness (QED) is 0.301. The highest BCUT2D eigenvalue weighted by molar-refractivity contribution is 7.79. The van der Waals surface area contributed by atoms with Gasteiger partial charge in [-0.05, 0) is 0 Å². The lowest BCUT2D eigenvalue weighted by Crippen LogP contribution is -2.34. The summed E-state index contributed by atoms with van der Waals surface area (Å²) in [6, 6.07) is -0.889. The summed E-state index contributed by atoms with van der Waals surface area (Å²) in [5.41, 5.74) is 5.00. The van der Waals surface area contributed by atoms with Crippen molar-refractivity contribution in [3.8, 4) is 0 Å². The summed E-state index contributed by atoms with van der Waals surface area (Å²) >= 11 is 0. The van der Waals surface area contributed by atoms with Crippen LogP contribution in [0.5, 0.6) is 0 Å². The Labute approximate surface area is 74.9 Å². The van der Waals surface area contributed by atoms with Gasteiger partial charge in [-0.25, -0.2) is 0 Å². The fourth-order valence-corrected chi connectivity index (χ4v) is 0.226. The molecule has 0 aliphatic rings. The van der Waals surface area contributed by atoms with Gasteiger partial charge in [0.15, 0.2) is 0 Å². The third kappa shape index (κ3) is 18.3. The molecule has 0 aliphatic carbocycles. The van der Waals surface area contributed by atoms with E-state index in [0.717, 1.165) is 0 Å². The zero-order chi connectivity index (χ0) is 11.1. The van der Waals surface area contributed by atoms with E-state index in [2.05, 4.69) is 4.74 Å². The predicted molar refractivity (Wildman–Crippen MR) is 41.3 cm³/mol. The van der Waals surface area contributed by atoms with E-state index in [9.17, 15) is 4.79 Å². The van der Waals surface area contributed by atoms with Gasteiger partial charge in [-0.2, -0.15) is 8.42 Å². The fraction of sp³-hybridized carbons (Fsp3) is 0.750. The van der Waals surface area contributed by atoms with Crippen LogP contribution in [0.15, 0.2) is 0 Å². The van der Waals surface area contributed by atoms with E-state index in [4.69, 9.17) is 28.4 Å². The fourth-order valence-electron chi connectivity index (χ4n) is 0.226. The van der Waals surface area contributed by atoms with E-state index in [0.29, 0.717) is 0 Å². The van der Waals surface area contributed by atoms with Gasteiger partial charge in [-0.15, -0.1) is 0 Å². The molecule has 0 spiro atoms. The van der Waals surface area contributed by atoms with E-state index in [1.165, 1.54) is 7.11 Å². The Morgan fingerprint density at radius 3 is 1.92 bits per heavy atom. The van der Waals surface area contributed by atoms with Crippen molar-refractivity contribution in [2.75, 3.05) is 13.7 Å². The van der Waals surface area contributed by atoms with Gasteiger partial charge in [0.05, 0.1) is 13.7 Å². The monoisotopic (exact) mass is 217 g/mol. The van der Waals surface area contributed by atoms with Crippen LogP contribution >= 0.6 is 0 Å². The molecule has 0 amide bonds. The van der Waals surface area contributed by atoms with Crippen LogP contribution in [0.4, 0.5) is 0 Å². The first-order valence-electron chi connectivity index (χ1n) is 2.86. The number of esters is 1. The second kappa shape index (κ2) is 6.74. The van der Waals surface area contributed by atoms with E-state index < -0.39 is 22.4 Å². The molecule has 0 saturated heterocycles. The SMILES string of the molecule is COC(=O)C(N)CO.O=S(=O)(O)O. The molecular formula is C4H11NO7S. The molecule has 0 aromatic heterocycles. The van der Waals surface area contributed by atoms with Crippen molar-refractivity contribution in [2.24, 2.45) is 5.73 Å². The Hall–Kier alpha value is -0.740. The number of methoxy groups -OCH3 is 1. The Morgan fingerprint density at radius 1 is 1.54 bits per heavy atom. The summed E-state index contributed by atoms with van der Waals surface area (Å²) in [7, 11) is -3.45. The standard InChI is InChI=1S/C4H9NO3.H2O4S/c1-8-4(7)3(5)2-6;1-5(2,3)4/h3,6H,2,5H2,1H3;(H2,1,2,3,4). The second-order valence-electron chi connectivity index (χ2n) is 1.76. The van der Waals surface area contributed by atoms with Gasteiger partial charge in [0.25, 0.3) is 0 Å². The Bertz CT molecular complexity index is 227. The minimum absolute atomic E-state index is 0.368. The van der Waals surface area contributed by atoms with Crippen LogP contribution in [0.25, 0.3) is 0 Å². The normalized spacial score (nSPS) is 12.4. The van der Waals surface area contributed by atoms with Crippen LogP contribution in [0.1, 0.15) is 0 Å². The Morgan fingerprint density at radius 2 is 1.85 bits per heavy atom. The number of nitrogens with two attached hydrogens (primary N) is 1. The Kier molecular flexibility index (Phi) is 7.66. The third-order valence-corrected chi connectivity index (χ3v) is 0.701. The highest BCUT2D eigenvalue weighted by atomic mass is 32.3. The number of carbonyl (C=O) groups excluding carboxylic acids is 1. The summed E-state index contributed by atoms with van der Waals surface area (Å²) in [4.78, 5) is 10.2. The van der Waals surface area contributed by atoms with Gasteiger partial charge >= 0.3 is 16.4 Å². The molecule has 0 aliphatic heterocycles. The molecule has 0 rings (SSSR count). The summed E-state index contributed by atoms with van der Waals surface area (Å²) in [6.07, 6.45) is 0. The molecule has 5 N–H and O–H groups in total. The molecule has 13 heavy (non-hydrogen) atoms. The maximum atomic E-state index is 10.2. The van der Waals surface area contributed by atoms with Crippen molar-refractivity contribution >= 4 is 16.4 Å². The molecule has 80 valence electrons. The van der Waals surface area contributed by atoms with Gasteiger partial charge < -0.3 is 15.6 Å². The van der Waals surface area contributed by atoms with Crippen LogP contribution in [-0.4, -0.2) is 48.4 Å². The zero-order valence-corrected chi connectivity index (χ0v) is 7.56. The number of hydrogen-bond acceptors (Lipinski definition) is 6. The van der Waals surface area contributed by atoms with Crippen LogP contribution < -0.4 is 5.73 Å². The van der Waals surface area contributed by atoms with Gasteiger partial charge in [0.2, 0.25) is 0 Å². The van der Waals surface area contributed by atoms with Gasteiger partial charge in [-0.1, -0.05) is 0 Å². The summed E-state index contributed by atoms with van der Waals surface area (Å²) in [5.74, 6) is -0.590. The molecule has 8 nitrogen and oxygen atoms in total. The number of hydrogen-bond donors (Lipinski definition) is 4. The van der Waals surface area contributed by atoms with Crippen molar-refractivity contribution in [3.05, 3.63) is 0 Å². The van der Waals surface area contributed by atoms with Crippen molar-refractivity contribution in [2.45, 2.75) is 6.04 Å². The topological polar surface area (TPSA) is 147 Å². The number of ether oxygens (including phenoxy) is 1.